The van der Waals surface area contributed by atoms with Crippen molar-refractivity contribution in [2.75, 3.05) is 40.9 Å². The fourth-order valence-electron chi connectivity index (χ4n) is 7.89. The maximum Gasteiger partial charge on any atom is 0.472 e. The van der Waals surface area contributed by atoms with Crippen LogP contribution < -0.4 is 5.32 Å². The molecular weight excluding hydrogens is 828 g/mol. The number of phosphoric acid groups is 1. The summed E-state index contributed by atoms with van der Waals surface area (Å²) in [6.45, 7) is 4.80. The highest BCUT2D eigenvalue weighted by molar-refractivity contribution is 7.47. The second-order valence-corrected chi connectivity index (χ2v) is 21.4. The van der Waals surface area contributed by atoms with Gasteiger partial charge in [0.2, 0.25) is 5.91 Å². The number of nitrogens with zero attached hydrogens (tertiary/aromatic N) is 1. The Hall–Kier alpha value is -1.54. The van der Waals surface area contributed by atoms with Gasteiger partial charge in [-0.1, -0.05) is 223 Å². The van der Waals surface area contributed by atoms with E-state index in [1.165, 1.54) is 186 Å². The third-order valence-corrected chi connectivity index (χ3v) is 13.2. The van der Waals surface area contributed by atoms with Gasteiger partial charge in [0.05, 0.1) is 39.9 Å². The van der Waals surface area contributed by atoms with Gasteiger partial charge < -0.3 is 19.8 Å². The normalized spacial score (nSPS) is 14.4. The van der Waals surface area contributed by atoms with Gasteiger partial charge >= 0.3 is 7.82 Å². The van der Waals surface area contributed by atoms with Gasteiger partial charge in [0.1, 0.15) is 13.2 Å². The number of rotatable bonds is 50. The number of quaternary nitrogens is 1. The van der Waals surface area contributed by atoms with Crippen LogP contribution >= 0.6 is 7.82 Å². The summed E-state index contributed by atoms with van der Waals surface area (Å²) in [5.41, 5.74) is 0. The number of phosphoric ester groups is 1. The van der Waals surface area contributed by atoms with Gasteiger partial charge in [0.25, 0.3) is 0 Å². The second-order valence-electron chi connectivity index (χ2n) is 19.9. The number of amides is 1. The van der Waals surface area contributed by atoms with Crippen LogP contribution in [0.4, 0.5) is 0 Å². The molecule has 3 atom stereocenters. The lowest BCUT2D eigenvalue weighted by Gasteiger charge is -2.25. The van der Waals surface area contributed by atoms with Crippen molar-refractivity contribution in [3.05, 3.63) is 48.6 Å². The van der Waals surface area contributed by atoms with Gasteiger partial charge in [-0.2, -0.15) is 0 Å². The predicted octanol–water partition coefficient (Wildman–Crippen LogP) is 16.4. The lowest BCUT2D eigenvalue weighted by molar-refractivity contribution is -0.870. The van der Waals surface area contributed by atoms with Crippen molar-refractivity contribution in [3.8, 4) is 0 Å². The Morgan fingerprint density at radius 3 is 1.23 bits per heavy atom. The Labute approximate surface area is 403 Å². The number of likely N-dealkylation sites (N-methyl/N-ethyl adjacent to an activating group) is 1. The molecule has 382 valence electrons. The molecule has 0 aliphatic carbocycles. The van der Waals surface area contributed by atoms with Gasteiger partial charge in [-0.3, -0.25) is 13.8 Å². The quantitative estimate of drug-likeness (QED) is 0.0243. The molecule has 1 amide bonds. The zero-order chi connectivity index (χ0) is 47.8. The largest absolute Gasteiger partial charge is 0.472 e. The minimum Gasteiger partial charge on any atom is -0.387 e. The minimum atomic E-state index is -4.36. The number of aliphatic hydroxyl groups excluding tert-OH is 1. The summed E-state index contributed by atoms with van der Waals surface area (Å²) in [4.78, 5) is 23.2. The molecule has 0 rings (SSSR count). The van der Waals surface area contributed by atoms with Crippen LogP contribution in [0.2, 0.25) is 0 Å². The summed E-state index contributed by atoms with van der Waals surface area (Å²) < 4.78 is 23.6. The van der Waals surface area contributed by atoms with E-state index >= 15 is 0 Å². The number of unbranched alkanes of at least 4 members (excludes halogenated alkanes) is 31. The molecule has 0 heterocycles. The van der Waals surface area contributed by atoms with Gasteiger partial charge in [-0.25, -0.2) is 4.57 Å². The summed E-state index contributed by atoms with van der Waals surface area (Å²) in [7, 11) is 1.54. The molecule has 0 aliphatic heterocycles. The first-order valence-corrected chi connectivity index (χ1v) is 29.0. The molecule has 0 aliphatic rings. The monoisotopic (exact) mass is 936 g/mol. The summed E-state index contributed by atoms with van der Waals surface area (Å²) in [5, 5.41) is 13.9. The Morgan fingerprint density at radius 2 is 0.846 bits per heavy atom. The molecule has 65 heavy (non-hydrogen) atoms. The lowest BCUT2D eigenvalue weighted by Crippen LogP contribution is -2.45. The molecule has 0 radical (unpaired) electrons. The van der Waals surface area contributed by atoms with Crippen LogP contribution in [0.1, 0.15) is 251 Å². The highest BCUT2D eigenvalue weighted by Gasteiger charge is 2.27. The Balaban J connectivity index is 4.32. The fourth-order valence-corrected chi connectivity index (χ4v) is 8.63. The van der Waals surface area contributed by atoms with Crippen LogP contribution in [0.15, 0.2) is 48.6 Å². The third-order valence-electron chi connectivity index (χ3n) is 12.2. The molecule has 0 aromatic rings. The first-order valence-electron chi connectivity index (χ1n) is 27.5. The molecule has 0 fully saturated rings. The van der Waals surface area contributed by atoms with E-state index in [0.717, 1.165) is 44.9 Å². The molecule has 0 bridgehead atoms. The predicted molar refractivity (Wildman–Crippen MR) is 281 cm³/mol. The molecule has 3 N–H and O–H groups in total. The molecule has 0 saturated carbocycles. The van der Waals surface area contributed by atoms with Crippen LogP contribution in [0.5, 0.6) is 0 Å². The number of hydrogen-bond acceptors (Lipinski definition) is 5. The van der Waals surface area contributed by atoms with E-state index in [1.54, 1.807) is 6.08 Å². The first kappa shape index (κ1) is 63.5. The molecular formula is C56H108N2O6P+. The van der Waals surface area contributed by atoms with E-state index in [1.807, 2.05) is 27.2 Å². The Kier molecular flexibility index (Phi) is 46.4. The van der Waals surface area contributed by atoms with Crippen molar-refractivity contribution < 1.29 is 32.9 Å². The Bertz CT molecular complexity index is 1200. The minimum absolute atomic E-state index is 0.0521. The Morgan fingerprint density at radius 1 is 0.508 bits per heavy atom. The smallest absolute Gasteiger partial charge is 0.387 e. The topological polar surface area (TPSA) is 105 Å². The summed E-state index contributed by atoms with van der Waals surface area (Å²) >= 11 is 0. The van der Waals surface area contributed by atoms with Crippen molar-refractivity contribution in [3.63, 3.8) is 0 Å². The molecule has 0 aromatic heterocycles. The lowest BCUT2D eigenvalue weighted by atomic mass is 10.0. The van der Waals surface area contributed by atoms with E-state index in [9.17, 15) is 19.4 Å². The maximum atomic E-state index is 12.9. The van der Waals surface area contributed by atoms with Crippen molar-refractivity contribution >= 4 is 13.7 Å². The van der Waals surface area contributed by atoms with Crippen molar-refractivity contribution in [1.82, 2.24) is 5.32 Å². The summed E-state index contributed by atoms with van der Waals surface area (Å²) in [6.07, 6.45) is 62.1. The van der Waals surface area contributed by atoms with Crippen LogP contribution in [0.25, 0.3) is 0 Å². The molecule has 0 aromatic carbocycles. The number of carbonyl (C=O) groups excluding carboxylic acids is 1. The van der Waals surface area contributed by atoms with Crippen LogP contribution in [0.3, 0.4) is 0 Å². The molecule has 0 spiro atoms. The van der Waals surface area contributed by atoms with Gasteiger partial charge in [0.15, 0.2) is 0 Å². The van der Waals surface area contributed by atoms with Crippen molar-refractivity contribution in [2.24, 2.45) is 0 Å². The molecule has 0 saturated heterocycles. The standard InChI is InChI=1S/C56H107N2O6P/c1-6-8-10-12-14-16-18-20-22-24-25-26-27-28-29-30-31-32-34-35-37-39-41-43-45-47-49-55(59)54(53-64-65(61,62)63-52-51-58(3,4)5)57-56(60)50-48-46-44-42-40-38-36-33-23-21-19-17-15-13-11-9-7-2/h21,23,32,34,39,41,47,49,54-55,59H,6-20,22,24-31,33,35-38,40,42-46,48,50-53H2,1-5H3,(H-,57,60,61,62)/p+1/b23-21-,34-32+,41-39+,49-47+. The van der Waals surface area contributed by atoms with Gasteiger partial charge in [-0.05, 0) is 70.6 Å². The first-order chi connectivity index (χ1) is 31.5. The number of allylic oxidation sites excluding steroid dienone is 7. The van der Waals surface area contributed by atoms with E-state index in [2.05, 4.69) is 55.6 Å². The highest BCUT2D eigenvalue weighted by Crippen LogP contribution is 2.43. The van der Waals surface area contributed by atoms with Gasteiger partial charge in [-0.15, -0.1) is 0 Å². The fraction of sp³-hybridized carbons (Fsp3) is 0.839. The van der Waals surface area contributed by atoms with Crippen molar-refractivity contribution in [2.45, 2.75) is 264 Å². The third kappa shape index (κ3) is 50.2. The van der Waals surface area contributed by atoms with E-state index in [4.69, 9.17) is 9.05 Å². The second kappa shape index (κ2) is 47.5. The molecule has 8 nitrogen and oxygen atoms in total. The van der Waals surface area contributed by atoms with Gasteiger partial charge in [0, 0.05) is 6.42 Å². The average molecular weight is 936 g/mol. The SMILES string of the molecule is CCCCCCCC/C=C\CCCCCCCCCC(=O)NC(COP(=O)(O)OCC[N+](C)(C)C)C(O)/C=C/CC/C=C/CC/C=C/CCCCCCCCCCCCCCCCCC. The summed E-state index contributed by atoms with van der Waals surface area (Å²) in [5.74, 6) is -0.195. The van der Waals surface area contributed by atoms with E-state index in [-0.39, 0.29) is 19.1 Å². The average Bonchev–Trinajstić information content (AvgIpc) is 3.26. The molecule has 3 unspecified atom stereocenters. The van der Waals surface area contributed by atoms with Crippen LogP contribution in [-0.4, -0.2) is 73.4 Å². The number of nitrogens with one attached hydrogen (secondary N) is 1. The number of aliphatic hydroxyl groups is 1. The van der Waals surface area contributed by atoms with Crippen LogP contribution in [0, 0.1) is 0 Å². The maximum absolute atomic E-state index is 12.9. The zero-order valence-electron chi connectivity index (χ0n) is 43.5. The highest BCUT2D eigenvalue weighted by atomic mass is 31.2. The summed E-state index contributed by atoms with van der Waals surface area (Å²) in [6, 6.07) is -0.873. The van der Waals surface area contributed by atoms with Crippen LogP contribution in [-0.2, 0) is 18.4 Å². The van der Waals surface area contributed by atoms with E-state index in [0.29, 0.717) is 17.4 Å². The number of carbonyl (C=O) groups is 1. The van der Waals surface area contributed by atoms with E-state index < -0.39 is 20.0 Å². The number of hydrogen-bond donors (Lipinski definition) is 3. The van der Waals surface area contributed by atoms with Crippen molar-refractivity contribution in [1.29, 1.82) is 0 Å². The molecule has 9 heteroatoms. The zero-order valence-corrected chi connectivity index (χ0v) is 44.4.